The molecule has 1 amide bonds. The molecule has 0 bridgehead atoms. The quantitative estimate of drug-likeness (QED) is 0.763. The van der Waals surface area contributed by atoms with Gasteiger partial charge in [0.05, 0.1) is 6.54 Å². The lowest BCUT2D eigenvalue weighted by atomic mass is 10.1. The van der Waals surface area contributed by atoms with Crippen molar-refractivity contribution in [3.05, 3.63) is 0 Å². The van der Waals surface area contributed by atoms with Crippen molar-refractivity contribution in [2.24, 2.45) is 17.6 Å². The number of carbonyl (C=O) groups is 1. The zero-order valence-corrected chi connectivity index (χ0v) is 11.2. The third kappa shape index (κ3) is 6.24. The van der Waals surface area contributed by atoms with Gasteiger partial charge in [-0.3, -0.25) is 9.69 Å². The van der Waals surface area contributed by atoms with Gasteiger partial charge in [-0.1, -0.05) is 6.92 Å². The van der Waals surface area contributed by atoms with E-state index in [4.69, 9.17) is 5.73 Å². The van der Waals surface area contributed by atoms with Gasteiger partial charge in [-0.25, -0.2) is 0 Å². The fourth-order valence-corrected chi connectivity index (χ4v) is 2.28. The van der Waals surface area contributed by atoms with Crippen molar-refractivity contribution in [1.29, 1.82) is 0 Å². The van der Waals surface area contributed by atoms with Crippen LogP contribution in [0.4, 0.5) is 13.2 Å². The molecule has 0 aromatic carbocycles. The van der Waals surface area contributed by atoms with Crippen LogP contribution in [0.2, 0.25) is 0 Å². The highest BCUT2D eigenvalue weighted by atomic mass is 19.4. The van der Waals surface area contributed by atoms with Gasteiger partial charge in [0.15, 0.2) is 0 Å². The van der Waals surface area contributed by atoms with Crippen molar-refractivity contribution < 1.29 is 18.0 Å². The van der Waals surface area contributed by atoms with E-state index in [2.05, 4.69) is 5.32 Å². The number of halogens is 3. The summed E-state index contributed by atoms with van der Waals surface area (Å²) in [5.41, 5.74) is 5.37. The maximum Gasteiger partial charge on any atom is 0.401 e. The van der Waals surface area contributed by atoms with Crippen molar-refractivity contribution in [3.8, 4) is 0 Å². The highest BCUT2D eigenvalue weighted by molar-refractivity contribution is 5.78. The molecule has 0 saturated carbocycles. The first-order valence-corrected chi connectivity index (χ1v) is 6.58. The van der Waals surface area contributed by atoms with Crippen LogP contribution in [-0.4, -0.2) is 49.7 Å². The predicted molar refractivity (Wildman–Crippen MR) is 66.4 cm³/mol. The number of amides is 1. The fourth-order valence-electron chi connectivity index (χ4n) is 2.28. The molecule has 4 nitrogen and oxygen atoms in total. The molecular formula is C12H22F3N3O. The Morgan fingerprint density at radius 1 is 1.53 bits per heavy atom. The lowest BCUT2D eigenvalue weighted by Crippen LogP contribution is -2.36. The Morgan fingerprint density at radius 2 is 2.21 bits per heavy atom. The molecule has 0 aromatic heterocycles. The second-order valence-corrected chi connectivity index (χ2v) is 5.23. The molecule has 1 aliphatic heterocycles. The summed E-state index contributed by atoms with van der Waals surface area (Å²) in [6.45, 7) is 2.68. The van der Waals surface area contributed by atoms with E-state index in [9.17, 15) is 18.0 Å². The number of rotatable bonds is 6. The van der Waals surface area contributed by atoms with Gasteiger partial charge >= 0.3 is 6.18 Å². The van der Waals surface area contributed by atoms with E-state index in [1.54, 1.807) is 6.92 Å². The molecule has 0 aliphatic carbocycles. The first kappa shape index (κ1) is 16.2. The molecular weight excluding hydrogens is 259 g/mol. The Morgan fingerprint density at radius 3 is 2.79 bits per heavy atom. The van der Waals surface area contributed by atoms with Crippen molar-refractivity contribution in [3.63, 3.8) is 0 Å². The first-order valence-electron chi connectivity index (χ1n) is 6.58. The van der Waals surface area contributed by atoms with Crippen LogP contribution in [0.1, 0.15) is 19.8 Å². The van der Waals surface area contributed by atoms with Crippen LogP contribution in [0.25, 0.3) is 0 Å². The number of carbonyl (C=O) groups excluding carboxylic acids is 1. The second-order valence-electron chi connectivity index (χ2n) is 5.23. The highest BCUT2D eigenvalue weighted by Gasteiger charge is 2.34. The number of hydrogen-bond acceptors (Lipinski definition) is 3. The van der Waals surface area contributed by atoms with Gasteiger partial charge < -0.3 is 11.1 Å². The summed E-state index contributed by atoms with van der Waals surface area (Å²) in [5.74, 6) is -0.103. The normalized spacial score (nSPS) is 22.5. The summed E-state index contributed by atoms with van der Waals surface area (Å²) < 4.78 is 36.6. The highest BCUT2D eigenvalue weighted by Crippen LogP contribution is 2.22. The number of nitrogens with two attached hydrogens (primary N) is 1. The molecule has 1 rings (SSSR count). The van der Waals surface area contributed by atoms with E-state index in [-0.39, 0.29) is 17.7 Å². The van der Waals surface area contributed by atoms with Crippen molar-refractivity contribution in [2.45, 2.75) is 25.9 Å². The largest absolute Gasteiger partial charge is 0.401 e. The minimum absolute atomic E-state index is 0.0697. The summed E-state index contributed by atoms with van der Waals surface area (Å²) in [6, 6.07) is 0. The standard InChI is InChI=1S/C12H22F3N3O/c1-9(2-4-16)11(19)17-6-10-3-5-18(7-10)8-12(13,14)15/h9-10H,2-8,16H2,1H3,(H,17,19). The molecule has 1 heterocycles. The zero-order chi connectivity index (χ0) is 14.5. The predicted octanol–water partition coefficient (Wildman–Crippen LogP) is 0.972. The van der Waals surface area contributed by atoms with E-state index in [0.29, 0.717) is 39.0 Å². The van der Waals surface area contributed by atoms with Gasteiger partial charge in [-0.15, -0.1) is 0 Å². The lowest BCUT2D eigenvalue weighted by Gasteiger charge is -2.18. The molecule has 2 atom stereocenters. The second kappa shape index (κ2) is 7.09. The average Bonchev–Trinajstić information content (AvgIpc) is 2.71. The van der Waals surface area contributed by atoms with E-state index < -0.39 is 12.7 Å². The minimum Gasteiger partial charge on any atom is -0.356 e. The summed E-state index contributed by atoms with van der Waals surface area (Å²) >= 11 is 0. The number of hydrogen-bond donors (Lipinski definition) is 2. The third-order valence-electron chi connectivity index (χ3n) is 3.39. The Kier molecular flexibility index (Phi) is 6.06. The Balaban J connectivity index is 2.24. The lowest BCUT2D eigenvalue weighted by molar-refractivity contribution is -0.143. The number of nitrogens with zero attached hydrogens (tertiary/aromatic N) is 1. The summed E-state index contributed by atoms with van der Waals surface area (Å²) in [4.78, 5) is 13.0. The topological polar surface area (TPSA) is 58.4 Å². The van der Waals surface area contributed by atoms with Gasteiger partial charge in [0.1, 0.15) is 0 Å². The molecule has 0 radical (unpaired) electrons. The molecule has 0 aromatic rings. The molecule has 2 unspecified atom stereocenters. The summed E-state index contributed by atoms with van der Waals surface area (Å²) in [6.07, 6.45) is -2.83. The maximum atomic E-state index is 12.2. The molecule has 19 heavy (non-hydrogen) atoms. The summed E-state index contributed by atoms with van der Waals surface area (Å²) in [7, 11) is 0. The maximum absolute atomic E-state index is 12.2. The fraction of sp³-hybridized carbons (Fsp3) is 0.917. The van der Waals surface area contributed by atoms with Gasteiger partial charge in [-0.05, 0) is 31.8 Å². The van der Waals surface area contributed by atoms with Crippen LogP contribution in [0.5, 0.6) is 0 Å². The molecule has 112 valence electrons. The first-order chi connectivity index (χ1) is 8.81. The van der Waals surface area contributed by atoms with Crippen LogP contribution in [0.15, 0.2) is 0 Å². The van der Waals surface area contributed by atoms with Crippen LogP contribution in [0.3, 0.4) is 0 Å². The number of likely N-dealkylation sites (tertiary alicyclic amines) is 1. The van der Waals surface area contributed by atoms with E-state index >= 15 is 0 Å². The SMILES string of the molecule is CC(CCN)C(=O)NCC1CCN(CC(F)(F)F)C1. The van der Waals surface area contributed by atoms with Crippen LogP contribution < -0.4 is 11.1 Å². The minimum atomic E-state index is -4.15. The van der Waals surface area contributed by atoms with Gasteiger partial charge in [-0.2, -0.15) is 13.2 Å². The zero-order valence-electron chi connectivity index (χ0n) is 11.2. The van der Waals surface area contributed by atoms with Crippen molar-refractivity contribution in [2.75, 3.05) is 32.7 Å². The van der Waals surface area contributed by atoms with Crippen molar-refractivity contribution in [1.82, 2.24) is 10.2 Å². The van der Waals surface area contributed by atoms with E-state index in [0.717, 1.165) is 0 Å². The van der Waals surface area contributed by atoms with Gasteiger partial charge in [0, 0.05) is 19.0 Å². The number of alkyl halides is 3. The molecule has 7 heteroatoms. The van der Waals surface area contributed by atoms with E-state index in [1.807, 2.05) is 0 Å². The monoisotopic (exact) mass is 281 g/mol. The molecule has 1 fully saturated rings. The molecule has 3 N–H and O–H groups in total. The van der Waals surface area contributed by atoms with Crippen LogP contribution in [-0.2, 0) is 4.79 Å². The average molecular weight is 281 g/mol. The van der Waals surface area contributed by atoms with E-state index in [1.165, 1.54) is 4.90 Å². The summed E-state index contributed by atoms with van der Waals surface area (Å²) in [5, 5.41) is 2.79. The molecule has 1 saturated heterocycles. The van der Waals surface area contributed by atoms with Crippen LogP contribution >= 0.6 is 0 Å². The Bertz CT molecular complexity index is 296. The Labute approximate surface area is 111 Å². The van der Waals surface area contributed by atoms with Gasteiger partial charge in [0.2, 0.25) is 5.91 Å². The smallest absolute Gasteiger partial charge is 0.356 e. The molecule has 1 aliphatic rings. The van der Waals surface area contributed by atoms with Crippen molar-refractivity contribution >= 4 is 5.91 Å². The number of nitrogens with one attached hydrogen (secondary N) is 1. The molecule has 0 spiro atoms. The van der Waals surface area contributed by atoms with Crippen LogP contribution in [0, 0.1) is 11.8 Å². The third-order valence-corrected chi connectivity index (χ3v) is 3.39. The Hall–Kier alpha value is -0.820. The van der Waals surface area contributed by atoms with Gasteiger partial charge in [0.25, 0.3) is 0 Å².